The average molecular weight is 429 g/mol. The van der Waals surface area contributed by atoms with Crippen molar-refractivity contribution in [2.24, 2.45) is 16.1 Å². The number of hydrogen-bond donors (Lipinski definition) is 0. The van der Waals surface area contributed by atoms with Gasteiger partial charge < -0.3 is 14.1 Å². The largest absolute Gasteiger partial charge is 0.469 e. The van der Waals surface area contributed by atoms with Crippen LogP contribution in [0.5, 0.6) is 0 Å². The van der Waals surface area contributed by atoms with E-state index >= 15 is 0 Å². The molecule has 4 atom stereocenters. The van der Waals surface area contributed by atoms with Gasteiger partial charge in [0, 0.05) is 24.7 Å². The van der Waals surface area contributed by atoms with Gasteiger partial charge in [-0.1, -0.05) is 13.0 Å². The number of aromatic nitrogens is 1. The third kappa shape index (κ3) is 5.11. The lowest BCUT2D eigenvalue weighted by atomic mass is 9.92. The van der Waals surface area contributed by atoms with Gasteiger partial charge in [0.05, 0.1) is 35.9 Å². The number of ether oxygens (including phenoxy) is 1. The van der Waals surface area contributed by atoms with Crippen molar-refractivity contribution in [3.63, 3.8) is 0 Å². The number of carbonyl (C=O) groups excluding carboxylic acids is 2. The molecule has 0 radical (unpaired) electrons. The van der Waals surface area contributed by atoms with Crippen molar-refractivity contribution in [3.8, 4) is 0 Å². The van der Waals surface area contributed by atoms with Gasteiger partial charge >= 0.3 is 5.97 Å². The van der Waals surface area contributed by atoms with Crippen LogP contribution in [-0.2, 0) is 14.3 Å². The summed E-state index contributed by atoms with van der Waals surface area (Å²) < 4.78 is 10.6. The Bertz CT molecular complexity index is 901. The lowest BCUT2D eigenvalue weighted by Gasteiger charge is -2.37. The van der Waals surface area contributed by atoms with Gasteiger partial charge in [0.1, 0.15) is 6.26 Å². The van der Waals surface area contributed by atoms with Crippen LogP contribution in [0.3, 0.4) is 0 Å². The van der Waals surface area contributed by atoms with Crippen molar-refractivity contribution < 1.29 is 18.7 Å². The second-order valence-electron chi connectivity index (χ2n) is 8.25. The maximum Gasteiger partial charge on any atom is 0.309 e. The molecule has 8 heteroatoms. The summed E-state index contributed by atoms with van der Waals surface area (Å²) in [5, 5.41) is 8.07. The fourth-order valence-electron chi connectivity index (χ4n) is 4.13. The Morgan fingerprint density at radius 1 is 1.39 bits per heavy atom. The van der Waals surface area contributed by atoms with Crippen LogP contribution in [0.25, 0.3) is 0 Å². The number of piperidine rings is 1. The second-order valence-corrected chi connectivity index (χ2v) is 8.25. The third-order valence-electron chi connectivity index (χ3n) is 6.06. The summed E-state index contributed by atoms with van der Waals surface area (Å²) in [5.41, 5.74) is 2.00. The van der Waals surface area contributed by atoms with Gasteiger partial charge in [0.2, 0.25) is 0 Å². The zero-order chi connectivity index (χ0) is 22.5. The molecule has 1 amide bonds. The first-order chi connectivity index (χ1) is 14.9. The minimum atomic E-state index is -0.197. The number of hydrogen-bond acceptors (Lipinski definition) is 7. The molecule has 0 bridgehead atoms. The summed E-state index contributed by atoms with van der Waals surface area (Å²) in [6.07, 6.45) is 8.40. The molecular formula is C23H32N4O4. The zero-order valence-corrected chi connectivity index (χ0v) is 19.0. The highest BCUT2D eigenvalue weighted by Gasteiger charge is 2.47. The number of methoxy groups -OCH3 is 1. The molecule has 0 N–H and O–H groups in total. The molecule has 168 valence electrons. The normalized spacial score (nSPS) is 26.9. The molecule has 1 aromatic rings. The molecule has 1 aromatic heterocycles. The van der Waals surface area contributed by atoms with Crippen LogP contribution < -0.4 is 0 Å². The SMILES string of the molecule is C/C=N/N=C(C)/C(=C\CC)C(=O)N1CC(c2nc(C3CC3C(=O)OC)co2)CCC1C. The number of amides is 1. The summed E-state index contributed by atoms with van der Waals surface area (Å²) >= 11 is 0. The van der Waals surface area contributed by atoms with E-state index in [0.717, 1.165) is 31.4 Å². The van der Waals surface area contributed by atoms with E-state index in [1.165, 1.54) is 7.11 Å². The Morgan fingerprint density at radius 2 is 2.16 bits per heavy atom. The Morgan fingerprint density at radius 3 is 2.84 bits per heavy atom. The van der Waals surface area contributed by atoms with Crippen molar-refractivity contribution in [3.05, 3.63) is 29.5 Å². The lowest BCUT2D eigenvalue weighted by molar-refractivity contribution is -0.142. The highest BCUT2D eigenvalue weighted by molar-refractivity contribution is 6.20. The predicted octanol–water partition coefficient (Wildman–Crippen LogP) is 3.85. The Labute approximate surface area is 183 Å². The molecule has 3 rings (SSSR count). The molecule has 8 nitrogen and oxygen atoms in total. The first-order valence-electron chi connectivity index (χ1n) is 11.0. The molecule has 0 spiro atoms. The standard InChI is InChI=1S/C23H32N4O4/c1-6-8-17(15(4)26-24-7-2)22(28)27-12-16(10-9-14(27)3)21-25-20(13-31-21)18-11-19(18)23(29)30-5/h7-8,13-14,16,18-19H,6,9-12H2,1-5H3/b17-8+,24-7+,26-15+. The van der Waals surface area contributed by atoms with Gasteiger partial charge in [-0.25, -0.2) is 4.98 Å². The minimum absolute atomic E-state index is 0.0259. The Kier molecular flexibility index (Phi) is 7.41. The van der Waals surface area contributed by atoms with E-state index in [-0.39, 0.29) is 35.7 Å². The first-order valence-corrected chi connectivity index (χ1v) is 11.0. The van der Waals surface area contributed by atoms with Crippen LogP contribution in [0, 0.1) is 5.92 Å². The quantitative estimate of drug-likeness (QED) is 0.284. The third-order valence-corrected chi connectivity index (χ3v) is 6.06. The monoisotopic (exact) mass is 428 g/mol. The van der Waals surface area contributed by atoms with Crippen molar-refractivity contribution in [1.29, 1.82) is 0 Å². The van der Waals surface area contributed by atoms with E-state index in [9.17, 15) is 9.59 Å². The molecule has 0 aromatic carbocycles. The van der Waals surface area contributed by atoms with Crippen molar-refractivity contribution >= 4 is 23.8 Å². The van der Waals surface area contributed by atoms with Crippen LogP contribution in [0.15, 0.2) is 32.5 Å². The van der Waals surface area contributed by atoms with Gasteiger partial charge in [-0.2, -0.15) is 10.2 Å². The molecule has 1 aliphatic heterocycles. The number of rotatable bonds is 7. The number of oxazole rings is 1. The van der Waals surface area contributed by atoms with Crippen LogP contribution in [-0.4, -0.2) is 53.4 Å². The molecular weight excluding hydrogens is 396 g/mol. The fourth-order valence-corrected chi connectivity index (χ4v) is 4.13. The maximum absolute atomic E-state index is 13.4. The topological polar surface area (TPSA) is 97.4 Å². The maximum atomic E-state index is 13.4. The average Bonchev–Trinajstić information content (AvgIpc) is 3.43. The van der Waals surface area contributed by atoms with E-state index < -0.39 is 0 Å². The first kappa shape index (κ1) is 22.9. The van der Waals surface area contributed by atoms with Crippen molar-refractivity contribution in [1.82, 2.24) is 9.88 Å². The number of esters is 1. The molecule has 1 aliphatic carbocycles. The summed E-state index contributed by atoms with van der Waals surface area (Å²) in [6, 6.07) is 0.119. The van der Waals surface area contributed by atoms with E-state index in [1.54, 1.807) is 19.4 Å². The van der Waals surface area contributed by atoms with Crippen LogP contribution in [0.4, 0.5) is 0 Å². The van der Waals surface area contributed by atoms with E-state index in [4.69, 9.17) is 9.15 Å². The molecule has 1 saturated carbocycles. The van der Waals surface area contributed by atoms with E-state index in [1.807, 2.05) is 24.8 Å². The molecule has 2 aliphatic rings. The summed E-state index contributed by atoms with van der Waals surface area (Å²) in [5.74, 6) is 0.378. The molecule has 31 heavy (non-hydrogen) atoms. The number of carbonyl (C=O) groups is 2. The molecule has 1 saturated heterocycles. The molecule has 4 unspecified atom stereocenters. The molecule has 2 heterocycles. The molecule has 2 fully saturated rings. The van der Waals surface area contributed by atoms with E-state index in [2.05, 4.69) is 22.1 Å². The summed E-state index contributed by atoms with van der Waals surface area (Å²) in [6.45, 7) is 8.21. The van der Waals surface area contributed by atoms with Gasteiger partial charge in [-0.05, 0) is 46.5 Å². The van der Waals surface area contributed by atoms with Gasteiger partial charge in [-0.3, -0.25) is 9.59 Å². The van der Waals surface area contributed by atoms with Crippen molar-refractivity contribution in [2.45, 2.75) is 71.3 Å². The Balaban J connectivity index is 1.74. The van der Waals surface area contributed by atoms with Crippen molar-refractivity contribution in [2.75, 3.05) is 13.7 Å². The zero-order valence-electron chi connectivity index (χ0n) is 19.0. The van der Waals surface area contributed by atoms with Crippen LogP contribution >= 0.6 is 0 Å². The van der Waals surface area contributed by atoms with Gasteiger partial charge in [0.15, 0.2) is 5.89 Å². The lowest BCUT2D eigenvalue weighted by Crippen LogP contribution is -2.46. The van der Waals surface area contributed by atoms with Crippen LogP contribution in [0.1, 0.15) is 76.8 Å². The minimum Gasteiger partial charge on any atom is -0.469 e. The summed E-state index contributed by atoms with van der Waals surface area (Å²) in [4.78, 5) is 31.6. The van der Waals surface area contributed by atoms with Gasteiger partial charge in [-0.15, -0.1) is 0 Å². The Hall–Kier alpha value is -2.77. The van der Waals surface area contributed by atoms with Crippen LogP contribution in [0.2, 0.25) is 0 Å². The number of likely N-dealkylation sites (tertiary alicyclic amines) is 1. The fraction of sp³-hybridized carbons (Fsp3) is 0.609. The predicted molar refractivity (Wildman–Crippen MR) is 118 cm³/mol. The van der Waals surface area contributed by atoms with Gasteiger partial charge in [0.25, 0.3) is 5.91 Å². The van der Waals surface area contributed by atoms with E-state index in [0.29, 0.717) is 23.7 Å². The number of allylic oxidation sites excluding steroid dienone is 1. The highest BCUT2D eigenvalue weighted by atomic mass is 16.5. The summed E-state index contributed by atoms with van der Waals surface area (Å²) in [7, 11) is 1.41. The second kappa shape index (κ2) is 10.0. The number of nitrogens with zero attached hydrogens (tertiary/aromatic N) is 4. The smallest absolute Gasteiger partial charge is 0.309 e. The highest BCUT2D eigenvalue weighted by Crippen LogP contribution is 2.48.